The Morgan fingerprint density at radius 2 is 1.92 bits per heavy atom. The summed E-state index contributed by atoms with van der Waals surface area (Å²) in [5, 5.41) is 0. The first-order valence-corrected chi connectivity index (χ1v) is 4.49. The van der Waals surface area contributed by atoms with Crippen molar-refractivity contribution in [2.45, 2.75) is 18.2 Å². The van der Waals surface area contributed by atoms with E-state index in [1.165, 1.54) is 0 Å². The van der Waals surface area contributed by atoms with E-state index in [-0.39, 0.29) is 12.2 Å². The molecule has 4 nitrogen and oxygen atoms in total. The Bertz CT molecular complexity index is 154. The molecule has 0 aromatic heterocycles. The lowest BCUT2D eigenvalue weighted by Gasteiger charge is -2.23. The number of ether oxygens (including phenoxy) is 3. The lowest BCUT2D eigenvalue weighted by molar-refractivity contribution is -0.0310. The molecule has 1 aliphatic heterocycles. The smallest absolute Gasteiger partial charge is 0.102 e. The molecule has 0 spiro atoms. The van der Waals surface area contributed by atoms with E-state index in [0.29, 0.717) is 12.6 Å². The average Bonchev–Trinajstić information content (AvgIpc) is 2.44. The fourth-order valence-electron chi connectivity index (χ4n) is 1.93. The first kappa shape index (κ1) is 10.9. The standard InChI is InChI=1S/C9H19NO3/c1-10-5-8(12-3)9(13-4)7(10)6-11-2/h7-9H,5-6H2,1-4H3. The van der Waals surface area contributed by atoms with Crippen molar-refractivity contribution >= 4 is 0 Å². The van der Waals surface area contributed by atoms with Crippen LogP contribution in [0.2, 0.25) is 0 Å². The fraction of sp³-hybridized carbons (Fsp3) is 1.00. The molecule has 3 unspecified atom stereocenters. The van der Waals surface area contributed by atoms with Crippen molar-refractivity contribution in [3.05, 3.63) is 0 Å². The molecule has 1 fully saturated rings. The second-order valence-corrected chi connectivity index (χ2v) is 3.44. The molecule has 0 aromatic carbocycles. The molecule has 0 bridgehead atoms. The minimum Gasteiger partial charge on any atom is -0.383 e. The summed E-state index contributed by atoms with van der Waals surface area (Å²) in [6, 6.07) is 0.306. The summed E-state index contributed by atoms with van der Waals surface area (Å²) < 4.78 is 15.9. The molecule has 0 saturated carbocycles. The van der Waals surface area contributed by atoms with Crippen molar-refractivity contribution in [2.24, 2.45) is 0 Å². The summed E-state index contributed by atoms with van der Waals surface area (Å²) in [5.41, 5.74) is 0. The Balaban J connectivity index is 2.59. The molecule has 0 amide bonds. The van der Waals surface area contributed by atoms with E-state index in [1.54, 1.807) is 21.3 Å². The minimum absolute atomic E-state index is 0.120. The third-order valence-electron chi connectivity index (χ3n) is 2.69. The molecule has 13 heavy (non-hydrogen) atoms. The monoisotopic (exact) mass is 189 g/mol. The predicted molar refractivity (Wildman–Crippen MR) is 49.9 cm³/mol. The van der Waals surface area contributed by atoms with Crippen LogP contribution in [0.25, 0.3) is 0 Å². The number of nitrogens with zero attached hydrogens (tertiary/aromatic N) is 1. The molecule has 0 aliphatic carbocycles. The van der Waals surface area contributed by atoms with Gasteiger partial charge in [-0.3, -0.25) is 4.90 Å². The lowest BCUT2D eigenvalue weighted by atomic mass is 10.1. The lowest BCUT2D eigenvalue weighted by Crippen LogP contribution is -2.39. The molecular weight excluding hydrogens is 170 g/mol. The number of methoxy groups -OCH3 is 3. The van der Waals surface area contributed by atoms with Gasteiger partial charge in [0, 0.05) is 27.9 Å². The van der Waals surface area contributed by atoms with Crippen LogP contribution in [0.15, 0.2) is 0 Å². The first-order valence-electron chi connectivity index (χ1n) is 4.49. The van der Waals surface area contributed by atoms with Crippen molar-refractivity contribution < 1.29 is 14.2 Å². The van der Waals surface area contributed by atoms with Gasteiger partial charge < -0.3 is 14.2 Å². The molecule has 1 heterocycles. The number of hydrogen-bond donors (Lipinski definition) is 0. The molecule has 3 atom stereocenters. The summed E-state index contributed by atoms with van der Waals surface area (Å²) in [5.74, 6) is 0. The summed E-state index contributed by atoms with van der Waals surface area (Å²) in [6.45, 7) is 1.60. The van der Waals surface area contributed by atoms with E-state index in [4.69, 9.17) is 14.2 Å². The van der Waals surface area contributed by atoms with E-state index in [9.17, 15) is 0 Å². The quantitative estimate of drug-likeness (QED) is 0.622. The highest BCUT2D eigenvalue weighted by Crippen LogP contribution is 2.21. The molecule has 78 valence electrons. The number of rotatable bonds is 4. The van der Waals surface area contributed by atoms with Crippen LogP contribution in [0.4, 0.5) is 0 Å². The van der Waals surface area contributed by atoms with Gasteiger partial charge in [0.1, 0.15) is 6.10 Å². The Morgan fingerprint density at radius 1 is 1.23 bits per heavy atom. The zero-order valence-electron chi connectivity index (χ0n) is 8.82. The largest absolute Gasteiger partial charge is 0.383 e. The molecular formula is C9H19NO3. The summed E-state index contributed by atoms with van der Waals surface area (Å²) in [6.07, 6.45) is 0.282. The van der Waals surface area contributed by atoms with Crippen LogP contribution in [-0.2, 0) is 14.2 Å². The Morgan fingerprint density at radius 3 is 2.38 bits per heavy atom. The van der Waals surface area contributed by atoms with Crippen LogP contribution in [0, 0.1) is 0 Å². The van der Waals surface area contributed by atoms with Crippen molar-refractivity contribution in [1.29, 1.82) is 0 Å². The topological polar surface area (TPSA) is 30.9 Å². The van der Waals surface area contributed by atoms with Crippen LogP contribution >= 0.6 is 0 Å². The van der Waals surface area contributed by atoms with E-state index < -0.39 is 0 Å². The highest BCUT2D eigenvalue weighted by molar-refractivity contribution is 4.93. The summed E-state index contributed by atoms with van der Waals surface area (Å²) >= 11 is 0. The third kappa shape index (κ3) is 2.20. The normalized spacial score (nSPS) is 35.5. The van der Waals surface area contributed by atoms with Crippen molar-refractivity contribution in [2.75, 3.05) is 41.5 Å². The Hall–Kier alpha value is -0.160. The van der Waals surface area contributed by atoms with Gasteiger partial charge in [-0.1, -0.05) is 0 Å². The van der Waals surface area contributed by atoms with Crippen molar-refractivity contribution in [1.82, 2.24) is 4.90 Å². The maximum Gasteiger partial charge on any atom is 0.102 e. The van der Waals surface area contributed by atoms with Crippen molar-refractivity contribution in [3.63, 3.8) is 0 Å². The van der Waals surface area contributed by atoms with Gasteiger partial charge in [-0.25, -0.2) is 0 Å². The van der Waals surface area contributed by atoms with Crippen LogP contribution < -0.4 is 0 Å². The summed E-state index contributed by atoms with van der Waals surface area (Å²) in [7, 11) is 7.22. The van der Waals surface area contributed by atoms with Crippen LogP contribution in [0.1, 0.15) is 0 Å². The molecule has 1 saturated heterocycles. The Labute approximate surface area is 79.8 Å². The predicted octanol–water partition coefficient (Wildman–Crippen LogP) is -0.0232. The zero-order valence-corrected chi connectivity index (χ0v) is 8.82. The van der Waals surface area contributed by atoms with E-state index in [2.05, 4.69) is 11.9 Å². The number of hydrogen-bond acceptors (Lipinski definition) is 4. The van der Waals surface area contributed by atoms with Gasteiger partial charge in [-0.2, -0.15) is 0 Å². The molecule has 1 rings (SSSR count). The molecule has 1 aliphatic rings. The van der Waals surface area contributed by atoms with Gasteiger partial charge in [0.2, 0.25) is 0 Å². The van der Waals surface area contributed by atoms with Gasteiger partial charge >= 0.3 is 0 Å². The number of likely N-dealkylation sites (N-methyl/N-ethyl adjacent to an activating group) is 1. The maximum absolute atomic E-state index is 5.40. The van der Waals surface area contributed by atoms with Crippen molar-refractivity contribution in [3.8, 4) is 0 Å². The highest BCUT2D eigenvalue weighted by Gasteiger charge is 2.40. The number of likely N-dealkylation sites (tertiary alicyclic amines) is 1. The fourth-order valence-corrected chi connectivity index (χ4v) is 1.93. The van der Waals surface area contributed by atoms with E-state index >= 15 is 0 Å². The van der Waals surface area contributed by atoms with E-state index in [0.717, 1.165) is 6.54 Å². The highest BCUT2D eigenvalue weighted by atomic mass is 16.5. The Kier molecular flexibility index (Phi) is 4.12. The molecule has 4 heteroatoms. The molecule has 0 radical (unpaired) electrons. The van der Waals surface area contributed by atoms with Gasteiger partial charge in [0.25, 0.3) is 0 Å². The third-order valence-corrected chi connectivity index (χ3v) is 2.69. The van der Waals surface area contributed by atoms with Gasteiger partial charge in [0.15, 0.2) is 0 Å². The molecule has 0 aromatic rings. The van der Waals surface area contributed by atoms with Gasteiger partial charge in [-0.15, -0.1) is 0 Å². The maximum atomic E-state index is 5.40. The van der Waals surface area contributed by atoms with Gasteiger partial charge in [-0.05, 0) is 7.05 Å². The van der Waals surface area contributed by atoms with E-state index in [1.807, 2.05) is 0 Å². The second kappa shape index (κ2) is 4.91. The van der Waals surface area contributed by atoms with Gasteiger partial charge in [0.05, 0.1) is 18.8 Å². The first-order chi connectivity index (χ1) is 6.24. The minimum atomic E-state index is 0.120. The SMILES string of the molecule is COCC1C(OC)C(OC)CN1C. The van der Waals surface area contributed by atoms with Crippen LogP contribution in [0.3, 0.4) is 0 Å². The van der Waals surface area contributed by atoms with Crippen LogP contribution in [-0.4, -0.2) is 64.7 Å². The second-order valence-electron chi connectivity index (χ2n) is 3.44. The zero-order chi connectivity index (χ0) is 9.84. The average molecular weight is 189 g/mol. The molecule has 0 N–H and O–H groups in total. The summed E-state index contributed by atoms with van der Waals surface area (Å²) in [4.78, 5) is 2.21. The van der Waals surface area contributed by atoms with Crippen LogP contribution in [0.5, 0.6) is 0 Å².